The largest absolute Gasteiger partial charge is 0.497 e. The lowest BCUT2D eigenvalue weighted by atomic mass is 10.1. The molecule has 9 heteroatoms. The molecule has 0 saturated heterocycles. The Morgan fingerprint density at radius 3 is 2.00 bits per heavy atom. The summed E-state index contributed by atoms with van der Waals surface area (Å²) in [6.07, 6.45) is -3.64. The summed E-state index contributed by atoms with van der Waals surface area (Å²) in [5.74, 6) is 0.752. The SMILES string of the molecule is COc1ccc(CO[C@H](C)[C@@H](O[Si](C)(C)C(C)(C)C)[C@@H](O)C(C)OS(=O)(=O)c2ccc(C)cc2)cc1. The van der Waals surface area contributed by atoms with Gasteiger partial charge in [0.25, 0.3) is 10.1 Å². The van der Waals surface area contributed by atoms with Crippen LogP contribution in [0.25, 0.3) is 0 Å². The number of methoxy groups -OCH3 is 1. The maximum absolute atomic E-state index is 12.9. The minimum atomic E-state index is -4.07. The van der Waals surface area contributed by atoms with Crippen LogP contribution in [0.3, 0.4) is 0 Å². The van der Waals surface area contributed by atoms with Crippen LogP contribution < -0.4 is 4.74 Å². The van der Waals surface area contributed by atoms with Gasteiger partial charge in [-0.25, -0.2) is 0 Å². The maximum Gasteiger partial charge on any atom is 0.297 e. The highest BCUT2D eigenvalue weighted by molar-refractivity contribution is 7.86. The van der Waals surface area contributed by atoms with Crippen LogP contribution in [0.5, 0.6) is 5.75 Å². The molecule has 0 radical (unpaired) electrons. The first-order valence-corrected chi connectivity index (χ1v) is 16.5. The second-order valence-electron chi connectivity index (χ2n) is 10.8. The van der Waals surface area contributed by atoms with Crippen molar-refractivity contribution in [3.8, 4) is 5.75 Å². The Balaban J connectivity index is 2.23. The molecule has 4 atom stereocenters. The fourth-order valence-corrected chi connectivity index (χ4v) is 5.75. The smallest absolute Gasteiger partial charge is 0.297 e. The molecule has 0 spiro atoms. The summed E-state index contributed by atoms with van der Waals surface area (Å²) in [5, 5.41) is 11.2. The lowest BCUT2D eigenvalue weighted by Crippen LogP contribution is -2.54. The third-order valence-electron chi connectivity index (χ3n) is 6.78. The number of rotatable bonds is 12. The number of aliphatic hydroxyl groups excluding tert-OH is 1. The zero-order chi connectivity index (χ0) is 27.3. The lowest BCUT2D eigenvalue weighted by Gasteiger charge is -2.43. The number of hydrogen-bond acceptors (Lipinski definition) is 7. The Morgan fingerprint density at radius 2 is 1.50 bits per heavy atom. The summed E-state index contributed by atoms with van der Waals surface area (Å²) in [5.41, 5.74) is 1.88. The van der Waals surface area contributed by atoms with Crippen molar-refractivity contribution in [2.75, 3.05) is 7.11 Å². The first-order valence-electron chi connectivity index (χ1n) is 12.2. The van der Waals surface area contributed by atoms with Gasteiger partial charge >= 0.3 is 0 Å². The highest BCUT2D eigenvalue weighted by Gasteiger charge is 2.44. The molecule has 202 valence electrons. The first-order chi connectivity index (χ1) is 16.6. The van der Waals surface area contributed by atoms with E-state index in [-0.39, 0.29) is 9.93 Å². The summed E-state index contributed by atoms with van der Waals surface area (Å²) in [6.45, 7) is 16.0. The standard InChI is InChI=1S/C27H42O7SSi/c1-19-10-16-24(17-11-19)35(29,30)33-20(2)25(28)26(34-36(8,9)27(4,5)6)21(3)32-18-22-12-14-23(31-7)15-13-22/h10-17,20-21,25-26,28H,18H2,1-9H3/t20?,21-,25+,26-/m1/s1. The van der Waals surface area contributed by atoms with Crippen LogP contribution in [0.2, 0.25) is 18.1 Å². The lowest BCUT2D eigenvalue weighted by molar-refractivity contribution is -0.106. The van der Waals surface area contributed by atoms with Crippen LogP contribution in [0, 0.1) is 6.92 Å². The van der Waals surface area contributed by atoms with Crippen LogP contribution in [-0.4, -0.2) is 53.4 Å². The number of aliphatic hydroxyl groups is 1. The van der Waals surface area contributed by atoms with E-state index in [9.17, 15) is 13.5 Å². The Hall–Kier alpha value is -1.75. The molecule has 0 heterocycles. The van der Waals surface area contributed by atoms with E-state index >= 15 is 0 Å². The van der Waals surface area contributed by atoms with Crippen LogP contribution in [0.4, 0.5) is 0 Å². The van der Waals surface area contributed by atoms with Gasteiger partial charge < -0.3 is 19.0 Å². The number of aryl methyl sites for hydroxylation is 1. The average molecular weight is 539 g/mol. The molecule has 2 aromatic carbocycles. The van der Waals surface area contributed by atoms with E-state index in [0.717, 1.165) is 16.9 Å². The molecule has 0 amide bonds. The van der Waals surface area contributed by atoms with Gasteiger partial charge in [0.05, 0.1) is 30.8 Å². The van der Waals surface area contributed by atoms with Crippen LogP contribution in [-0.2, 0) is 30.1 Å². The molecule has 36 heavy (non-hydrogen) atoms. The minimum absolute atomic E-state index is 0.0396. The molecule has 1 unspecified atom stereocenters. The molecule has 0 bridgehead atoms. The van der Waals surface area contributed by atoms with Crippen molar-refractivity contribution >= 4 is 18.4 Å². The highest BCUT2D eigenvalue weighted by Crippen LogP contribution is 2.38. The van der Waals surface area contributed by atoms with Crippen LogP contribution in [0.1, 0.15) is 45.7 Å². The molecule has 0 aliphatic heterocycles. The summed E-state index contributed by atoms with van der Waals surface area (Å²) < 4.78 is 49.0. The van der Waals surface area contributed by atoms with Gasteiger partial charge in [0.2, 0.25) is 0 Å². The molecular formula is C27H42O7SSi. The Bertz CT molecular complexity index is 1060. The Kier molecular flexibility index (Phi) is 10.3. The van der Waals surface area contributed by atoms with E-state index in [1.807, 2.05) is 38.1 Å². The monoisotopic (exact) mass is 538 g/mol. The minimum Gasteiger partial charge on any atom is -0.497 e. The summed E-state index contributed by atoms with van der Waals surface area (Å²) in [6, 6.07) is 13.9. The molecular weight excluding hydrogens is 496 g/mol. The van der Waals surface area contributed by atoms with E-state index in [1.54, 1.807) is 19.2 Å². The van der Waals surface area contributed by atoms with E-state index in [2.05, 4.69) is 33.9 Å². The molecule has 0 aliphatic rings. The normalized spacial score (nSPS) is 16.3. The molecule has 0 aromatic heterocycles. The quantitative estimate of drug-likeness (QED) is 0.284. The van der Waals surface area contributed by atoms with Crippen molar-refractivity contribution < 1.29 is 31.6 Å². The molecule has 0 aliphatic carbocycles. The molecule has 2 aromatic rings. The summed E-state index contributed by atoms with van der Waals surface area (Å²) in [7, 11) is -4.81. The average Bonchev–Trinajstić information content (AvgIpc) is 2.80. The zero-order valence-corrected chi connectivity index (χ0v) is 24.8. The molecule has 1 N–H and O–H groups in total. The van der Waals surface area contributed by atoms with E-state index in [4.69, 9.17) is 18.1 Å². The van der Waals surface area contributed by atoms with Crippen LogP contribution >= 0.6 is 0 Å². The van der Waals surface area contributed by atoms with Gasteiger partial charge in [-0.2, -0.15) is 8.42 Å². The van der Waals surface area contributed by atoms with Crippen molar-refractivity contribution in [3.05, 3.63) is 59.7 Å². The zero-order valence-electron chi connectivity index (χ0n) is 22.9. The number of benzene rings is 2. The van der Waals surface area contributed by atoms with Crippen molar-refractivity contribution in [1.29, 1.82) is 0 Å². The molecule has 7 nitrogen and oxygen atoms in total. The Morgan fingerprint density at radius 1 is 0.944 bits per heavy atom. The Labute approximate surface area is 218 Å². The second kappa shape index (κ2) is 12.2. The third-order valence-corrected chi connectivity index (χ3v) is 12.7. The highest BCUT2D eigenvalue weighted by atomic mass is 32.2. The van der Waals surface area contributed by atoms with Crippen molar-refractivity contribution in [1.82, 2.24) is 0 Å². The van der Waals surface area contributed by atoms with Gasteiger partial charge in [-0.1, -0.05) is 50.6 Å². The molecule has 0 saturated carbocycles. The van der Waals surface area contributed by atoms with E-state index < -0.39 is 42.9 Å². The summed E-state index contributed by atoms with van der Waals surface area (Å²) >= 11 is 0. The topological polar surface area (TPSA) is 91.3 Å². The molecule has 0 fully saturated rings. The maximum atomic E-state index is 12.9. The van der Waals surface area contributed by atoms with Gasteiger partial charge in [0, 0.05) is 0 Å². The fraction of sp³-hybridized carbons (Fsp3) is 0.556. The van der Waals surface area contributed by atoms with Gasteiger partial charge in [-0.05, 0) is 68.7 Å². The van der Waals surface area contributed by atoms with Gasteiger partial charge in [0.1, 0.15) is 18.0 Å². The fourth-order valence-electron chi connectivity index (χ4n) is 3.29. The third kappa shape index (κ3) is 8.13. The van der Waals surface area contributed by atoms with Gasteiger partial charge in [0.15, 0.2) is 8.32 Å². The second-order valence-corrected chi connectivity index (χ2v) is 17.1. The number of hydrogen-bond donors (Lipinski definition) is 1. The van der Waals surface area contributed by atoms with E-state index in [1.165, 1.54) is 19.1 Å². The number of ether oxygens (including phenoxy) is 2. The van der Waals surface area contributed by atoms with Crippen LogP contribution in [0.15, 0.2) is 53.4 Å². The first kappa shape index (κ1) is 30.5. The van der Waals surface area contributed by atoms with Crippen molar-refractivity contribution in [2.24, 2.45) is 0 Å². The molecule has 2 rings (SSSR count). The van der Waals surface area contributed by atoms with Crippen molar-refractivity contribution in [3.63, 3.8) is 0 Å². The summed E-state index contributed by atoms with van der Waals surface area (Å²) in [4.78, 5) is 0.0396. The van der Waals surface area contributed by atoms with E-state index in [0.29, 0.717) is 6.61 Å². The predicted molar refractivity (Wildman–Crippen MR) is 144 cm³/mol. The predicted octanol–water partition coefficient (Wildman–Crippen LogP) is 5.45. The van der Waals surface area contributed by atoms with Crippen molar-refractivity contribution in [2.45, 2.75) is 95.6 Å². The van der Waals surface area contributed by atoms with Gasteiger partial charge in [-0.15, -0.1) is 0 Å². The van der Waals surface area contributed by atoms with Gasteiger partial charge in [-0.3, -0.25) is 4.18 Å².